The highest BCUT2D eigenvalue weighted by Crippen LogP contribution is 2.36. The number of nitrogens with zero attached hydrogens (tertiary/aromatic N) is 1. The molecule has 0 unspecified atom stereocenters. The maximum Gasteiger partial charge on any atom is 0.130 e. The monoisotopic (exact) mass is 308 g/mol. The van der Waals surface area contributed by atoms with Crippen molar-refractivity contribution in [1.82, 2.24) is 4.98 Å². The van der Waals surface area contributed by atoms with Crippen molar-refractivity contribution < 1.29 is 4.74 Å². The first-order chi connectivity index (χ1) is 8.71. The molecule has 0 spiro atoms. The molecule has 4 heteroatoms. The standard InChI is InChI=1S/C14H17BrN2O/c1-4-9-8-11(16-5-2)13-12(18-3)7-6-10(15)14(13)17-9/h6-8H,4-5H2,1-3H3,(H,16,17). The molecule has 18 heavy (non-hydrogen) atoms. The van der Waals surface area contributed by atoms with Crippen molar-refractivity contribution in [2.24, 2.45) is 0 Å². The maximum atomic E-state index is 5.44. The van der Waals surface area contributed by atoms with E-state index in [1.807, 2.05) is 12.1 Å². The number of ether oxygens (including phenoxy) is 1. The molecule has 1 heterocycles. The molecule has 0 radical (unpaired) electrons. The Balaban J connectivity index is 2.80. The molecule has 0 saturated heterocycles. The van der Waals surface area contributed by atoms with Gasteiger partial charge in [-0.25, -0.2) is 0 Å². The molecule has 1 aromatic carbocycles. The molecule has 1 aromatic heterocycles. The number of methoxy groups -OCH3 is 1. The first kappa shape index (κ1) is 13.1. The number of halogens is 1. The van der Waals surface area contributed by atoms with Gasteiger partial charge in [-0.1, -0.05) is 6.92 Å². The summed E-state index contributed by atoms with van der Waals surface area (Å²) in [6.45, 7) is 5.07. The summed E-state index contributed by atoms with van der Waals surface area (Å²) in [5, 5.41) is 4.42. The fraction of sp³-hybridized carbons (Fsp3) is 0.357. The van der Waals surface area contributed by atoms with E-state index < -0.39 is 0 Å². The van der Waals surface area contributed by atoms with E-state index in [9.17, 15) is 0 Å². The fourth-order valence-electron chi connectivity index (χ4n) is 2.01. The predicted octanol–water partition coefficient (Wildman–Crippen LogP) is 4.00. The van der Waals surface area contributed by atoms with Crippen LogP contribution in [-0.2, 0) is 6.42 Å². The lowest BCUT2D eigenvalue weighted by Gasteiger charge is -2.14. The predicted molar refractivity (Wildman–Crippen MR) is 79.5 cm³/mol. The Hall–Kier alpha value is -1.29. The molecule has 0 atom stereocenters. The van der Waals surface area contributed by atoms with Crippen molar-refractivity contribution in [2.45, 2.75) is 20.3 Å². The zero-order valence-electron chi connectivity index (χ0n) is 10.9. The van der Waals surface area contributed by atoms with Gasteiger partial charge in [0.05, 0.1) is 18.0 Å². The number of aryl methyl sites for hydroxylation is 1. The molecule has 0 bridgehead atoms. The molecule has 3 nitrogen and oxygen atoms in total. The Morgan fingerprint density at radius 3 is 2.72 bits per heavy atom. The molecule has 2 aromatic rings. The summed E-state index contributed by atoms with van der Waals surface area (Å²) >= 11 is 3.56. The first-order valence-corrected chi connectivity index (χ1v) is 6.90. The third-order valence-corrected chi connectivity index (χ3v) is 3.52. The van der Waals surface area contributed by atoms with Crippen LogP contribution in [0.2, 0.25) is 0 Å². The van der Waals surface area contributed by atoms with Gasteiger partial charge in [0.25, 0.3) is 0 Å². The van der Waals surface area contributed by atoms with Crippen LogP contribution < -0.4 is 10.1 Å². The Kier molecular flexibility index (Phi) is 4.07. The molecule has 0 saturated carbocycles. The number of nitrogens with one attached hydrogen (secondary N) is 1. The van der Waals surface area contributed by atoms with Crippen LogP contribution in [0.5, 0.6) is 5.75 Å². The normalized spacial score (nSPS) is 10.7. The van der Waals surface area contributed by atoms with Crippen LogP contribution in [0, 0.1) is 0 Å². The molecule has 0 aliphatic heterocycles. The van der Waals surface area contributed by atoms with Crippen molar-refractivity contribution in [3.8, 4) is 5.75 Å². The molecule has 96 valence electrons. The summed E-state index contributed by atoms with van der Waals surface area (Å²) in [7, 11) is 1.69. The number of benzene rings is 1. The van der Waals surface area contributed by atoms with E-state index in [-0.39, 0.29) is 0 Å². The third-order valence-electron chi connectivity index (χ3n) is 2.88. The van der Waals surface area contributed by atoms with Crippen molar-refractivity contribution >= 4 is 32.5 Å². The lowest BCUT2D eigenvalue weighted by molar-refractivity contribution is 0.420. The second-order valence-electron chi connectivity index (χ2n) is 4.02. The second kappa shape index (κ2) is 5.57. The molecule has 0 amide bonds. The van der Waals surface area contributed by atoms with Crippen LogP contribution in [-0.4, -0.2) is 18.6 Å². The summed E-state index contributed by atoms with van der Waals surface area (Å²) in [4.78, 5) is 4.68. The van der Waals surface area contributed by atoms with E-state index in [0.29, 0.717) is 0 Å². The second-order valence-corrected chi connectivity index (χ2v) is 4.87. The molecule has 0 aliphatic carbocycles. The minimum absolute atomic E-state index is 0.847. The van der Waals surface area contributed by atoms with Gasteiger partial charge in [0.15, 0.2) is 0 Å². The molecule has 1 N–H and O–H groups in total. The smallest absolute Gasteiger partial charge is 0.130 e. The first-order valence-electron chi connectivity index (χ1n) is 6.11. The Morgan fingerprint density at radius 2 is 2.11 bits per heavy atom. The average Bonchev–Trinajstić information content (AvgIpc) is 2.40. The Bertz CT molecular complexity index is 569. The minimum Gasteiger partial charge on any atom is -0.496 e. The fourth-order valence-corrected chi connectivity index (χ4v) is 2.43. The molecule has 0 aliphatic rings. The van der Waals surface area contributed by atoms with Crippen molar-refractivity contribution in [3.63, 3.8) is 0 Å². The number of hydrogen-bond donors (Lipinski definition) is 1. The highest BCUT2D eigenvalue weighted by molar-refractivity contribution is 9.10. The van der Waals surface area contributed by atoms with Crippen molar-refractivity contribution in [2.75, 3.05) is 19.0 Å². The largest absolute Gasteiger partial charge is 0.496 e. The van der Waals surface area contributed by atoms with Crippen LogP contribution >= 0.6 is 15.9 Å². The van der Waals surface area contributed by atoms with Crippen LogP contribution in [0.25, 0.3) is 10.9 Å². The Labute approximate surface area is 116 Å². The summed E-state index contributed by atoms with van der Waals surface area (Å²) in [5.74, 6) is 0.847. The average molecular weight is 309 g/mol. The number of aromatic nitrogens is 1. The van der Waals surface area contributed by atoms with Crippen molar-refractivity contribution in [3.05, 3.63) is 28.4 Å². The van der Waals surface area contributed by atoms with E-state index in [0.717, 1.165) is 45.5 Å². The zero-order chi connectivity index (χ0) is 13.1. The summed E-state index contributed by atoms with van der Waals surface area (Å²) < 4.78 is 6.44. The van der Waals surface area contributed by atoms with Gasteiger partial charge in [0.1, 0.15) is 5.75 Å². The minimum atomic E-state index is 0.847. The van der Waals surface area contributed by atoms with E-state index in [1.165, 1.54) is 0 Å². The van der Waals surface area contributed by atoms with Gasteiger partial charge in [-0.3, -0.25) is 4.98 Å². The number of anilines is 1. The van der Waals surface area contributed by atoms with E-state index in [1.54, 1.807) is 7.11 Å². The zero-order valence-corrected chi connectivity index (χ0v) is 12.5. The number of hydrogen-bond acceptors (Lipinski definition) is 3. The third kappa shape index (κ3) is 2.29. The number of fused-ring (bicyclic) bond motifs is 1. The highest BCUT2D eigenvalue weighted by atomic mass is 79.9. The maximum absolute atomic E-state index is 5.44. The molecular formula is C14H17BrN2O. The van der Waals surface area contributed by atoms with Crippen molar-refractivity contribution in [1.29, 1.82) is 0 Å². The molecule has 0 fully saturated rings. The van der Waals surface area contributed by atoms with E-state index in [2.05, 4.69) is 46.1 Å². The number of rotatable bonds is 4. The SMILES string of the molecule is CCNc1cc(CC)nc2c(Br)ccc(OC)c12. The van der Waals surface area contributed by atoms with Crippen LogP contribution in [0.15, 0.2) is 22.7 Å². The lowest BCUT2D eigenvalue weighted by atomic mass is 10.1. The molecule has 2 rings (SSSR count). The topological polar surface area (TPSA) is 34.2 Å². The van der Waals surface area contributed by atoms with Gasteiger partial charge in [-0.15, -0.1) is 0 Å². The number of pyridine rings is 1. The van der Waals surface area contributed by atoms with Gasteiger partial charge in [-0.05, 0) is 47.5 Å². The lowest BCUT2D eigenvalue weighted by Crippen LogP contribution is -2.02. The Morgan fingerprint density at radius 1 is 1.33 bits per heavy atom. The van der Waals surface area contributed by atoms with E-state index in [4.69, 9.17) is 4.74 Å². The highest BCUT2D eigenvalue weighted by Gasteiger charge is 2.12. The van der Waals surface area contributed by atoms with Gasteiger partial charge in [0, 0.05) is 22.4 Å². The van der Waals surface area contributed by atoms with Gasteiger partial charge in [-0.2, -0.15) is 0 Å². The summed E-state index contributed by atoms with van der Waals surface area (Å²) in [5.41, 5.74) is 3.11. The molecular weight excluding hydrogens is 292 g/mol. The van der Waals surface area contributed by atoms with Gasteiger partial charge in [0.2, 0.25) is 0 Å². The van der Waals surface area contributed by atoms with Gasteiger partial charge >= 0.3 is 0 Å². The van der Waals surface area contributed by atoms with E-state index >= 15 is 0 Å². The van der Waals surface area contributed by atoms with Crippen LogP contribution in [0.1, 0.15) is 19.5 Å². The van der Waals surface area contributed by atoms with Crippen LogP contribution in [0.3, 0.4) is 0 Å². The quantitative estimate of drug-likeness (QED) is 0.927. The summed E-state index contributed by atoms with van der Waals surface area (Å²) in [6, 6.07) is 6.03. The van der Waals surface area contributed by atoms with Crippen LogP contribution in [0.4, 0.5) is 5.69 Å². The summed E-state index contributed by atoms with van der Waals surface area (Å²) in [6.07, 6.45) is 0.915. The van der Waals surface area contributed by atoms with Gasteiger partial charge < -0.3 is 10.1 Å².